The van der Waals surface area contributed by atoms with Crippen LogP contribution in [0.15, 0.2) is 0 Å². The summed E-state index contributed by atoms with van der Waals surface area (Å²) >= 11 is 0. The van der Waals surface area contributed by atoms with Crippen LogP contribution in [0.5, 0.6) is 0 Å². The number of nitrogens with zero attached hydrogens (tertiary/aromatic N) is 1. The van der Waals surface area contributed by atoms with E-state index in [1.807, 2.05) is 6.92 Å². The van der Waals surface area contributed by atoms with Crippen LogP contribution in [0.3, 0.4) is 0 Å². The first-order valence-corrected chi connectivity index (χ1v) is 7.56. The maximum absolute atomic E-state index is 11.5. The fraction of sp³-hybridized carbons (Fsp3) is 0.867. The fourth-order valence-electron chi connectivity index (χ4n) is 3.61. The number of carboxylic acid groups (broad SMARTS) is 1. The van der Waals surface area contributed by atoms with Gasteiger partial charge in [0.15, 0.2) is 0 Å². The molecule has 0 aromatic rings. The molecule has 1 fully saturated rings. The lowest BCUT2D eigenvalue weighted by Crippen LogP contribution is -2.53. The Hall–Kier alpha value is -1.06. The highest BCUT2D eigenvalue weighted by atomic mass is 16.4. The van der Waals surface area contributed by atoms with Crippen LogP contribution in [0.2, 0.25) is 0 Å². The lowest BCUT2D eigenvalue weighted by atomic mass is 9.73. The molecule has 1 aliphatic rings. The molecule has 1 rings (SSSR count). The van der Waals surface area contributed by atoms with Crippen molar-refractivity contribution < 1.29 is 14.7 Å². The second-order valence-electron chi connectivity index (χ2n) is 5.57. The van der Waals surface area contributed by atoms with Crippen LogP contribution in [-0.4, -0.2) is 34.5 Å². The summed E-state index contributed by atoms with van der Waals surface area (Å²) in [6, 6.07) is -0.578. The summed E-state index contributed by atoms with van der Waals surface area (Å²) < 4.78 is 0. The van der Waals surface area contributed by atoms with Crippen LogP contribution in [0.1, 0.15) is 59.3 Å². The maximum atomic E-state index is 11.5. The van der Waals surface area contributed by atoms with E-state index in [2.05, 4.69) is 13.8 Å². The van der Waals surface area contributed by atoms with Gasteiger partial charge in [-0.3, -0.25) is 4.79 Å². The van der Waals surface area contributed by atoms with Crippen molar-refractivity contribution in [3.63, 3.8) is 0 Å². The standard InChI is InChI=1S/C15H27NO3/c1-4-11-8-7-9-12(5-2)14(11)16(10-17)13(6-3)15(18)19/h10-14H,4-9H2,1-3H3,(H,18,19). The van der Waals surface area contributed by atoms with Crippen molar-refractivity contribution in [1.29, 1.82) is 0 Å². The molecule has 4 nitrogen and oxygen atoms in total. The summed E-state index contributed by atoms with van der Waals surface area (Å²) in [4.78, 5) is 24.5. The number of aliphatic carboxylic acids is 1. The summed E-state index contributed by atoms with van der Waals surface area (Å²) in [5.74, 6) is -0.000482. The first kappa shape index (κ1) is 16.0. The highest BCUT2D eigenvalue weighted by Gasteiger charge is 2.39. The summed E-state index contributed by atoms with van der Waals surface area (Å²) in [7, 11) is 0. The van der Waals surface area contributed by atoms with Gasteiger partial charge in [-0.2, -0.15) is 0 Å². The normalized spacial score (nSPS) is 28.7. The van der Waals surface area contributed by atoms with E-state index in [-0.39, 0.29) is 6.04 Å². The van der Waals surface area contributed by atoms with Crippen molar-refractivity contribution in [2.45, 2.75) is 71.4 Å². The third kappa shape index (κ3) is 3.48. The molecule has 0 aromatic carbocycles. The van der Waals surface area contributed by atoms with Gasteiger partial charge in [-0.25, -0.2) is 4.79 Å². The van der Waals surface area contributed by atoms with E-state index in [9.17, 15) is 14.7 Å². The molecular formula is C15H27NO3. The van der Waals surface area contributed by atoms with Crippen molar-refractivity contribution in [3.05, 3.63) is 0 Å². The van der Waals surface area contributed by atoms with Gasteiger partial charge in [0.05, 0.1) is 0 Å². The second kappa shape index (κ2) is 7.51. The molecule has 1 N–H and O–H groups in total. The summed E-state index contributed by atoms with van der Waals surface area (Å²) in [5.41, 5.74) is 0. The van der Waals surface area contributed by atoms with Gasteiger partial charge in [0.2, 0.25) is 6.41 Å². The lowest BCUT2D eigenvalue weighted by Gasteiger charge is -2.45. The summed E-state index contributed by atoms with van der Waals surface area (Å²) in [5, 5.41) is 9.32. The lowest BCUT2D eigenvalue weighted by molar-refractivity contribution is -0.150. The largest absolute Gasteiger partial charge is 0.480 e. The Kier molecular flexibility index (Phi) is 6.32. The van der Waals surface area contributed by atoms with Gasteiger partial charge >= 0.3 is 5.97 Å². The predicted octanol–water partition coefficient (Wildman–Crippen LogP) is 2.91. The van der Waals surface area contributed by atoms with Crippen molar-refractivity contribution in [1.82, 2.24) is 4.90 Å². The van der Waals surface area contributed by atoms with Gasteiger partial charge in [0.1, 0.15) is 6.04 Å². The highest BCUT2D eigenvalue weighted by Crippen LogP contribution is 2.37. The SMILES string of the molecule is CCC1CCCC(CC)C1N(C=O)C(CC)C(=O)O. The van der Waals surface area contributed by atoms with Crippen LogP contribution in [0.25, 0.3) is 0 Å². The van der Waals surface area contributed by atoms with E-state index < -0.39 is 12.0 Å². The molecule has 19 heavy (non-hydrogen) atoms. The van der Waals surface area contributed by atoms with Crippen LogP contribution >= 0.6 is 0 Å². The van der Waals surface area contributed by atoms with Gasteiger partial charge in [-0.1, -0.05) is 40.0 Å². The van der Waals surface area contributed by atoms with E-state index in [4.69, 9.17) is 0 Å². The molecule has 1 saturated carbocycles. The number of carbonyl (C=O) groups is 2. The minimum Gasteiger partial charge on any atom is -0.480 e. The predicted molar refractivity (Wildman–Crippen MR) is 74.8 cm³/mol. The monoisotopic (exact) mass is 269 g/mol. The molecule has 0 spiro atoms. The smallest absolute Gasteiger partial charge is 0.326 e. The maximum Gasteiger partial charge on any atom is 0.326 e. The molecule has 3 atom stereocenters. The minimum atomic E-state index is -0.884. The Labute approximate surface area is 116 Å². The molecule has 0 bridgehead atoms. The Morgan fingerprint density at radius 2 is 1.79 bits per heavy atom. The Balaban J connectivity index is 3.01. The molecule has 0 saturated heterocycles. The number of hydrogen-bond donors (Lipinski definition) is 1. The van der Waals surface area contributed by atoms with E-state index in [0.717, 1.165) is 32.1 Å². The summed E-state index contributed by atoms with van der Waals surface area (Å²) in [6.07, 6.45) is 6.68. The average molecular weight is 269 g/mol. The zero-order valence-corrected chi connectivity index (χ0v) is 12.3. The van der Waals surface area contributed by atoms with Crippen LogP contribution in [-0.2, 0) is 9.59 Å². The van der Waals surface area contributed by atoms with E-state index in [0.29, 0.717) is 18.3 Å². The number of rotatable bonds is 7. The first-order chi connectivity index (χ1) is 9.10. The molecule has 3 unspecified atom stereocenters. The van der Waals surface area contributed by atoms with Crippen LogP contribution < -0.4 is 0 Å². The molecule has 0 aromatic heterocycles. The minimum absolute atomic E-state index is 0.0994. The van der Waals surface area contributed by atoms with Gasteiger partial charge in [-0.05, 0) is 31.1 Å². The van der Waals surface area contributed by atoms with Crippen molar-refractivity contribution in [2.24, 2.45) is 11.8 Å². The van der Waals surface area contributed by atoms with Gasteiger partial charge < -0.3 is 10.0 Å². The Morgan fingerprint density at radius 3 is 2.11 bits per heavy atom. The average Bonchev–Trinajstić information content (AvgIpc) is 2.43. The van der Waals surface area contributed by atoms with E-state index >= 15 is 0 Å². The highest BCUT2D eigenvalue weighted by molar-refractivity contribution is 5.76. The Morgan fingerprint density at radius 1 is 1.26 bits per heavy atom. The van der Waals surface area contributed by atoms with Crippen molar-refractivity contribution >= 4 is 12.4 Å². The van der Waals surface area contributed by atoms with E-state index in [1.165, 1.54) is 6.42 Å². The fourth-order valence-corrected chi connectivity index (χ4v) is 3.61. The van der Waals surface area contributed by atoms with Gasteiger partial charge in [0.25, 0.3) is 0 Å². The molecule has 0 aliphatic heterocycles. The Bertz CT molecular complexity index is 294. The number of hydrogen-bond acceptors (Lipinski definition) is 2. The third-order valence-electron chi connectivity index (χ3n) is 4.66. The second-order valence-corrected chi connectivity index (χ2v) is 5.57. The number of amides is 1. The molecule has 1 amide bonds. The quantitative estimate of drug-likeness (QED) is 0.723. The van der Waals surface area contributed by atoms with Gasteiger partial charge in [-0.15, -0.1) is 0 Å². The molecule has 4 heteroatoms. The third-order valence-corrected chi connectivity index (χ3v) is 4.66. The van der Waals surface area contributed by atoms with Crippen molar-refractivity contribution in [3.8, 4) is 0 Å². The molecule has 0 heterocycles. The molecule has 1 aliphatic carbocycles. The zero-order valence-electron chi connectivity index (χ0n) is 12.3. The van der Waals surface area contributed by atoms with Crippen LogP contribution in [0.4, 0.5) is 0 Å². The first-order valence-electron chi connectivity index (χ1n) is 7.56. The number of carboxylic acids is 1. The molecule has 110 valence electrons. The number of carbonyl (C=O) groups excluding carboxylic acids is 1. The van der Waals surface area contributed by atoms with Gasteiger partial charge in [0, 0.05) is 6.04 Å². The molecule has 0 radical (unpaired) electrons. The van der Waals surface area contributed by atoms with Crippen LogP contribution in [0, 0.1) is 11.8 Å². The van der Waals surface area contributed by atoms with E-state index in [1.54, 1.807) is 4.90 Å². The topological polar surface area (TPSA) is 57.6 Å². The van der Waals surface area contributed by atoms with Crippen molar-refractivity contribution in [2.75, 3.05) is 0 Å². The zero-order chi connectivity index (χ0) is 14.4. The molecular weight excluding hydrogens is 242 g/mol. The summed E-state index contributed by atoms with van der Waals surface area (Å²) in [6.45, 7) is 6.11.